The molecular formula is C18H18N2OS. The summed E-state index contributed by atoms with van der Waals surface area (Å²) >= 11 is 1.49. The van der Waals surface area contributed by atoms with E-state index in [9.17, 15) is 4.79 Å². The van der Waals surface area contributed by atoms with Gasteiger partial charge in [-0.05, 0) is 42.7 Å². The van der Waals surface area contributed by atoms with Gasteiger partial charge in [0, 0.05) is 5.56 Å². The molecule has 0 saturated carbocycles. The standard InChI is InChI=1S/C18H18N2OS/c1-2-3-6-13-9-11-14(12-10-13)17(21)20-18-19-15-7-4-5-8-16(15)22-18/h4-5,7-12H,2-3,6H2,1H3,(H,19,20,21). The smallest absolute Gasteiger partial charge is 0.257 e. The quantitative estimate of drug-likeness (QED) is 0.729. The number of carbonyl (C=O) groups excluding carboxylic acids is 1. The topological polar surface area (TPSA) is 42.0 Å². The molecule has 0 aliphatic carbocycles. The first-order chi connectivity index (χ1) is 10.8. The van der Waals surface area contributed by atoms with Gasteiger partial charge in [0.25, 0.3) is 5.91 Å². The van der Waals surface area contributed by atoms with E-state index < -0.39 is 0 Å². The van der Waals surface area contributed by atoms with Crippen molar-refractivity contribution in [1.29, 1.82) is 0 Å². The van der Waals surface area contributed by atoms with Crippen LogP contribution in [0.25, 0.3) is 10.2 Å². The number of fused-ring (bicyclic) bond motifs is 1. The SMILES string of the molecule is CCCCc1ccc(C(=O)Nc2nc3ccccc3s2)cc1. The van der Waals surface area contributed by atoms with Crippen molar-refractivity contribution >= 4 is 32.6 Å². The number of aromatic nitrogens is 1. The maximum atomic E-state index is 12.3. The fourth-order valence-electron chi connectivity index (χ4n) is 2.30. The Hall–Kier alpha value is -2.20. The molecule has 1 N–H and O–H groups in total. The van der Waals surface area contributed by atoms with Crippen LogP contribution in [0.3, 0.4) is 0 Å². The number of rotatable bonds is 5. The van der Waals surface area contributed by atoms with E-state index in [2.05, 4.69) is 17.2 Å². The zero-order valence-electron chi connectivity index (χ0n) is 12.5. The molecule has 3 nitrogen and oxygen atoms in total. The summed E-state index contributed by atoms with van der Waals surface area (Å²) in [6.45, 7) is 2.18. The van der Waals surface area contributed by atoms with Gasteiger partial charge in [0.2, 0.25) is 0 Å². The molecule has 3 aromatic rings. The molecule has 0 aliphatic rings. The van der Waals surface area contributed by atoms with Crippen molar-refractivity contribution in [2.75, 3.05) is 5.32 Å². The number of anilines is 1. The molecule has 0 bridgehead atoms. The number of thiazole rings is 1. The van der Waals surface area contributed by atoms with Gasteiger partial charge < -0.3 is 0 Å². The zero-order valence-corrected chi connectivity index (χ0v) is 13.3. The first-order valence-corrected chi connectivity index (χ1v) is 8.34. The number of nitrogens with one attached hydrogen (secondary N) is 1. The van der Waals surface area contributed by atoms with Crippen molar-refractivity contribution in [2.45, 2.75) is 26.2 Å². The summed E-state index contributed by atoms with van der Waals surface area (Å²) in [5.41, 5.74) is 2.86. The summed E-state index contributed by atoms with van der Waals surface area (Å²) in [6.07, 6.45) is 3.42. The van der Waals surface area contributed by atoms with Crippen LogP contribution in [0.2, 0.25) is 0 Å². The Balaban J connectivity index is 1.70. The molecular weight excluding hydrogens is 292 g/mol. The van der Waals surface area contributed by atoms with Gasteiger partial charge >= 0.3 is 0 Å². The minimum Gasteiger partial charge on any atom is -0.298 e. The van der Waals surface area contributed by atoms with Crippen LogP contribution in [0.1, 0.15) is 35.7 Å². The molecule has 0 atom stereocenters. The lowest BCUT2D eigenvalue weighted by atomic mass is 10.1. The normalized spacial score (nSPS) is 10.8. The molecule has 0 spiro atoms. The average molecular weight is 310 g/mol. The summed E-state index contributed by atoms with van der Waals surface area (Å²) in [5, 5.41) is 3.52. The number of hydrogen-bond donors (Lipinski definition) is 1. The number of amides is 1. The van der Waals surface area contributed by atoms with Gasteiger partial charge in [-0.3, -0.25) is 10.1 Å². The first kappa shape index (κ1) is 14.7. The lowest BCUT2D eigenvalue weighted by Crippen LogP contribution is -2.11. The van der Waals surface area contributed by atoms with E-state index in [1.54, 1.807) is 0 Å². The van der Waals surface area contributed by atoms with Crippen LogP contribution in [-0.2, 0) is 6.42 Å². The Bertz CT molecular complexity index is 744. The predicted octanol–water partition coefficient (Wildman–Crippen LogP) is 4.89. The number of hydrogen-bond acceptors (Lipinski definition) is 3. The molecule has 3 rings (SSSR count). The van der Waals surface area contributed by atoms with E-state index in [0.717, 1.165) is 16.6 Å². The van der Waals surface area contributed by atoms with E-state index in [1.807, 2.05) is 48.5 Å². The highest BCUT2D eigenvalue weighted by atomic mass is 32.1. The van der Waals surface area contributed by atoms with Crippen molar-refractivity contribution in [2.24, 2.45) is 0 Å². The molecule has 0 unspecified atom stereocenters. The Kier molecular flexibility index (Phi) is 4.49. The van der Waals surface area contributed by atoms with Crippen molar-refractivity contribution in [3.05, 3.63) is 59.7 Å². The van der Waals surface area contributed by atoms with Crippen molar-refractivity contribution in [3.63, 3.8) is 0 Å². The first-order valence-electron chi connectivity index (χ1n) is 7.52. The second-order valence-electron chi connectivity index (χ2n) is 5.24. The second kappa shape index (κ2) is 6.71. The molecule has 0 fully saturated rings. The molecule has 1 amide bonds. The summed E-state index contributed by atoms with van der Waals surface area (Å²) < 4.78 is 1.08. The predicted molar refractivity (Wildman–Crippen MR) is 92.6 cm³/mol. The molecule has 0 radical (unpaired) electrons. The lowest BCUT2D eigenvalue weighted by Gasteiger charge is -2.03. The van der Waals surface area contributed by atoms with Crippen LogP contribution in [0, 0.1) is 0 Å². The number of para-hydroxylation sites is 1. The summed E-state index contributed by atoms with van der Waals surface area (Å²) in [4.78, 5) is 16.7. The maximum absolute atomic E-state index is 12.3. The number of nitrogens with zero attached hydrogens (tertiary/aromatic N) is 1. The monoisotopic (exact) mass is 310 g/mol. The Morgan fingerprint density at radius 1 is 1.14 bits per heavy atom. The second-order valence-corrected chi connectivity index (χ2v) is 6.27. The average Bonchev–Trinajstić information content (AvgIpc) is 2.95. The van der Waals surface area contributed by atoms with Crippen LogP contribution < -0.4 is 5.32 Å². The minimum atomic E-state index is -0.110. The Morgan fingerprint density at radius 3 is 2.64 bits per heavy atom. The molecule has 2 aromatic carbocycles. The van der Waals surface area contributed by atoms with E-state index >= 15 is 0 Å². The van der Waals surface area contributed by atoms with Crippen LogP contribution in [0.4, 0.5) is 5.13 Å². The van der Waals surface area contributed by atoms with Gasteiger partial charge in [-0.15, -0.1) is 0 Å². The Morgan fingerprint density at radius 2 is 1.91 bits per heavy atom. The van der Waals surface area contributed by atoms with Gasteiger partial charge in [0.1, 0.15) is 0 Å². The number of unbranched alkanes of at least 4 members (excludes halogenated alkanes) is 1. The number of aryl methyl sites for hydroxylation is 1. The molecule has 0 saturated heterocycles. The third-order valence-corrected chi connectivity index (χ3v) is 4.50. The molecule has 112 valence electrons. The number of carbonyl (C=O) groups is 1. The fourth-order valence-corrected chi connectivity index (χ4v) is 3.16. The minimum absolute atomic E-state index is 0.110. The van der Waals surface area contributed by atoms with Crippen molar-refractivity contribution in [3.8, 4) is 0 Å². The third-order valence-electron chi connectivity index (χ3n) is 3.55. The highest BCUT2D eigenvalue weighted by Crippen LogP contribution is 2.25. The van der Waals surface area contributed by atoms with E-state index in [0.29, 0.717) is 10.7 Å². The third kappa shape index (κ3) is 3.34. The van der Waals surface area contributed by atoms with Gasteiger partial charge in [-0.25, -0.2) is 4.98 Å². The fraction of sp³-hybridized carbons (Fsp3) is 0.222. The van der Waals surface area contributed by atoms with Crippen LogP contribution in [0.15, 0.2) is 48.5 Å². The van der Waals surface area contributed by atoms with Crippen molar-refractivity contribution in [1.82, 2.24) is 4.98 Å². The summed E-state index contributed by atoms with van der Waals surface area (Å²) in [6, 6.07) is 15.7. The molecule has 4 heteroatoms. The largest absolute Gasteiger partial charge is 0.298 e. The van der Waals surface area contributed by atoms with Crippen LogP contribution in [0.5, 0.6) is 0 Å². The Labute approximate surface area is 134 Å². The number of benzene rings is 2. The summed E-state index contributed by atoms with van der Waals surface area (Å²) in [5.74, 6) is -0.110. The highest BCUT2D eigenvalue weighted by molar-refractivity contribution is 7.22. The molecule has 1 heterocycles. The van der Waals surface area contributed by atoms with E-state index in [4.69, 9.17) is 0 Å². The maximum Gasteiger partial charge on any atom is 0.257 e. The highest BCUT2D eigenvalue weighted by Gasteiger charge is 2.09. The van der Waals surface area contributed by atoms with Gasteiger partial charge in [0.15, 0.2) is 5.13 Å². The van der Waals surface area contributed by atoms with E-state index in [1.165, 1.54) is 29.7 Å². The van der Waals surface area contributed by atoms with Gasteiger partial charge in [0.05, 0.1) is 10.2 Å². The molecule has 22 heavy (non-hydrogen) atoms. The van der Waals surface area contributed by atoms with Crippen LogP contribution in [-0.4, -0.2) is 10.9 Å². The zero-order chi connectivity index (χ0) is 15.4. The van der Waals surface area contributed by atoms with Gasteiger partial charge in [-0.1, -0.05) is 48.9 Å². The lowest BCUT2D eigenvalue weighted by molar-refractivity contribution is 0.102. The molecule has 1 aromatic heterocycles. The van der Waals surface area contributed by atoms with Crippen LogP contribution >= 0.6 is 11.3 Å². The molecule has 0 aliphatic heterocycles. The van der Waals surface area contributed by atoms with Crippen molar-refractivity contribution < 1.29 is 4.79 Å². The summed E-state index contributed by atoms with van der Waals surface area (Å²) in [7, 11) is 0. The van der Waals surface area contributed by atoms with E-state index in [-0.39, 0.29) is 5.91 Å². The van der Waals surface area contributed by atoms with Gasteiger partial charge in [-0.2, -0.15) is 0 Å².